The molecule has 0 spiro atoms. The lowest BCUT2D eigenvalue weighted by Crippen LogP contribution is -2.41. The Morgan fingerprint density at radius 3 is 1.29 bits per heavy atom. The van der Waals surface area contributed by atoms with Crippen LogP contribution in [0.15, 0.2) is 152 Å². The van der Waals surface area contributed by atoms with E-state index in [2.05, 4.69) is 158 Å². The van der Waals surface area contributed by atoms with Crippen LogP contribution in [0.25, 0.3) is 0 Å². The van der Waals surface area contributed by atoms with Crippen molar-refractivity contribution >= 4 is 28.9 Å². The maximum absolute atomic E-state index is 13.0. The Balaban J connectivity index is 0.000000146. The van der Waals surface area contributed by atoms with Gasteiger partial charge < -0.3 is 107 Å². The number of rotatable bonds is 38. The van der Waals surface area contributed by atoms with Crippen molar-refractivity contribution < 1.29 is 75.9 Å². The number of hydrogen-bond donors (Lipinski definition) is 3. The molecule has 7 fully saturated rings. The van der Waals surface area contributed by atoms with Crippen molar-refractivity contribution in [2.45, 2.75) is 177 Å². The molecule has 0 aromatic heterocycles. The van der Waals surface area contributed by atoms with E-state index in [0.29, 0.717) is 108 Å². The lowest BCUT2D eigenvalue weighted by atomic mass is 9.87. The Morgan fingerprint density at radius 1 is 0.421 bits per heavy atom. The van der Waals surface area contributed by atoms with E-state index in [1.165, 1.54) is 59.9 Å². The number of fused-ring (bicyclic) bond motifs is 3. The molecule has 0 unspecified atom stereocenters. The van der Waals surface area contributed by atoms with Crippen LogP contribution in [-0.2, 0) is 69.2 Å². The van der Waals surface area contributed by atoms with Gasteiger partial charge in [-0.25, -0.2) is 0 Å². The number of piperidine rings is 3. The van der Waals surface area contributed by atoms with Gasteiger partial charge in [-0.3, -0.25) is 9.59 Å². The standard InChI is InChI=1S/C35H49N3O5.C34H44N2O6.C33H45N3O5/c1-40-20-5-17-37-19-21-41-33-13-8-26(22-32(33)37)25-42-34-23-36-16-14-31(34)27-9-11-29(12-10-27)43-30-15-18-38(24-30)35(39)28-6-3-2-4-7-28;1-37-18-5-16-36-17-19-41-33-13-8-26(22-31(33)36)24-42-34-23-35-15-14-30(34)27-9-11-29(12-10-27)40-21-20-39-25-28-6-3-4-7-32(28)38-2;1-38-17-2-14-35-16-18-39-31-10-5-25(19-30(31)35)23-40-32-21-34-13-11-29(32)26-6-8-27(9-7-26)41-28-12-15-36(22-28)33(37)20-24-3-4-24/h8-13,22,28,30-31,34,36H,2-7,14-21,23-25H2,1H3;3-4,6-13,22,30,34-35H,5,14-21,23-25H2,1-2H3;5-10,19,24,28-29,32,34H,2-4,11-18,20-23H2,1H3/t30-,31+,34-;30-,34+;28-,29+,32-/m010/s1. The summed E-state index contributed by atoms with van der Waals surface area (Å²) in [5.74, 6) is 8.81. The molecular weight excluding hydrogens is 1590 g/mol. The first-order valence-electron chi connectivity index (χ1n) is 47.1. The number of anilines is 3. The SMILES string of the molecule is COCCCN1CCOc2ccc(CO[C@H]3CNCC[C@@H]3c3ccc(OCCOCc4ccccc4OC)cc3)cc21.COCCCN1CCOc2ccc(CO[C@H]3CNCC[C@@H]3c3ccc(O[C@H]4CCN(C(=O)C5CCCCC5)C4)cc3)cc21.COCCCN1CCOc2ccc(CO[C@H]3CNCC[C@@H]3c3ccc(O[C@H]4CCN(C(=O)CC5CC5)C4)cc3)cc21. The zero-order valence-corrected chi connectivity index (χ0v) is 75.1. The minimum absolute atomic E-state index is 0.0753. The van der Waals surface area contributed by atoms with E-state index in [4.69, 9.17) is 66.3 Å². The largest absolute Gasteiger partial charge is 0.496 e. The van der Waals surface area contributed by atoms with Crippen LogP contribution in [0, 0.1) is 11.8 Å². The van der Waals surface area contributed by atoms with Crippen molar-refractivity contribution in [1.29, 1.82) is 0 Å². The second-order valence-corrected chi connectivity index (χ2v) is 35.4. The minimum atomic E-state index is 0.0753. The van der Waals surface area contributed by atoms with Crippen LogP contribution in [0.5, 0.6) is 40.2 Å². The van der Waals surface area contributed by atoms with Crippen LogP contribution in [0.4, 0.5) is 17.1 Å². The van der Waals surface area contributed by atoms with E-state index in [0.717, 1.165) is 251 Å². The molecule has 2 aliphatic carbocycles. The molecule has 3 N–H and O–H groups in total. The Bertz CT molecular complexity index is 4460. The molecule has 7 aromatic carbocycles. The van der Waals surface area contributed by atoms with Crippen molar-refractivity contribution in [3.8, 4) is 40.2 Å². The molecule has 5 saturated heterocycles. The smallest absolute Gasteiger partial charge is 0.225 e. The van der Waals surface area contributed by atoms with Gasteiger partial charge in [0, 0.05) is 142 Å². The third-order valence-corrected chi connectivity index (χ3v) is 26.5. The van der Waals surface area contributed by atoms with E-state index in [-0.39, 0.29) is 36.4 Å². The second kappa shape index (κ2) is 47.9. The van der Waals surface area contributed by atoms with Gasteiger partial charge in [0.2, 0.25) is 11.8 Å². The summed E-state index contributed by atoms with van der Waals surface area (Å²) < 4.78 is 82.9. The van der Waals surface area contributed by atoms with Crippen LogP contribution in [-0.4, -0.2) is 238 Å². The summed E-state index contributed by atoms with van der Waals surface area (Å²) in [6, 6.07) is 52.8. The number of likely N-dealkylation sites (tertiary alicyclic amines) is 2. The van der Waals surface area contributed by atoms with Crippen molar-refractivity contribution in [2.24, 2.45) is 11.8 Å². The molecule has 24 nitrogen and oxygen atoms in total. The van der Waals surface area contributed by atoms with Gasteiger partial charge in [-0.15, -0.1) is 0 Å². The quantitative estimate of drug-likeness (QED) is 0.0307. The summed E-state index contributed by atoms with van der Waals surface area (Å²) >= 11 is 0. The molecule has 2 amide bonds. The van der Waals surface area contributed by atoms with Gasteiger partial charge >= 0.3 is 0 Å². The molecule has 24 heteroatoms. The van der Waals surface area contributed by atoms with Crippen LogP contribution in [0.1, 0.15) is 159 Å². The number of methoxy groups -OCH3 is 4. The number of carbonyl (C=O) groups excluding carboxylic acids is 2. The second-order valence-electron chi connectivity index (χ2n) is 35.4. The Morgan fingerprint density at radius 2 is 0.849 bits per heavy atom. The maximum Gasteiger partial charge on any atom is 0.225 e. The molecule has 8 heterocycles. The number of carbonyl (C=O) groups is 2. The summed E-state index contributed by atoms with van der Waals surface area (Å²) in [6.07, 6.45) is 17.3. The van der Waals surface area contributed by atoms with E-state index in [9.17, 15) is 9.59 Å². The first-order valence-corrected chi connectivity index (χ1v) is 47.1. The first-order chi connectivity index (χ1) is 62.1. The fourth-order valence-electron chi connectivity index (χ4n) is 19.3. The molecule has 8 atom stereocenters. The van der Waals surface area contributed by atoms with Gasteiger partial charge in [0.05, 0.1) is 108 Å². The summed E-state index contributed by atoms with van der Waals surface area (Å²) in [5.41, 5.74) is 11.9. The number of hydrogen-bond acceptors (Lipinski definition) is 22. The highest BCUT2D eigenvalue weighted by Crippen LogP contribution is 2.41. The van der Waals surface area contributed by atoms with Crippen LogP contribution < -0.4 is 63.8 Å². The lowest BCUT2D eigenvalue weighted by Gasteiger charge is -2.33. The van der Waals surface area contributed by atoms with E-state index in [1.807, 2.05) is 34.1 Å². The van der Waals surface area contributed by atoms with Gasteiger partial charge in [0.1, 0.15) is 78.9 Å². The summed E-state index contributed by atoms with van der Waals surface area (Å²) in [7, 11) is 6.93. The Hall–Kier alpha value is -8.92. The number of para-hydroxylation sites is 1. The number of ether oxygens (including phenoxy) is 14. The molecule has 126 heavy (non-hydrogen) atoms. The summed E-state index contributed by atoms with van der Waals surface area (Å²) in [4.78, 5) is 36.6. The third-order valence-electron chi connectivity index (χ3n) is 26.5. The van der Waals surface area contributed by atoms with E-state index < -0.39 is 0 Å². The van der Waals surface area contributed by atoms with E-state index >= 15 is 0 Å². The molecule has 682 valence electrons. The van der Waals surface area contributed by atoms with Crippen LogP contribution in [0.3, 0.4) is 0 Å². The fourth-order valence-corrected chi connectivity index (χ4v) is 19.3. The molecule has 0 radical (unpaired) electrons. The zero-order valence-electron chi connectivity index (χ0n) is 75.1. The lowest BCUT2D eigenvalue weighted by molar-refractivity contribution is -0.135. The number of nitrogens with one attached hydrogen (secondary N) is 3. The minimum Gasteiger partial charge on any atom is -0.496 e. The highest BCUT2D eigenvalue weighted by Gasteiger charge is 2.37. The summed E-state index contributed by atoms with van der Waals surface area (Å²) in [5, 5.41) is 10.6. The molecule has 7 aromatic rings. The van der Waals surface area contributed by atoms with Gasteiger partial charge in [-0.05, 0) is 202 Å². The fraction of sp³-hybridized carbons (Fsp3) is 0.569. The van der Waals surface area contributed by atoms with Crippen molar-refractivity contribution in [3.63, 3.8) is 0 Å². The molecule has 0 bridgehead atoms. The average molecular weight is 1730 g/mol. The van der Waals surface area contributed by atoms with Crippen LogP contribution in [0.2, 0.25) is 0 Å². The predicted molar refractivity (Wildman–Crippen MR) is 491 cm³/mol. The third kappa shape index (κ3) is 26.2. The van der Waals surface area contributed by atoms with Crippen molar-refractivity contribution in [2.75, 3.05) is 201 Å². The highest BCUT2D eigenvalue weighted by atomic mass is 16.5. The number of nitrogens with zero attached hydrogens (tertiary/aromatic N) is 5. The first kappa shape index (κ1) is 91.8. The average Bonchev–Trinajstić information content (AvgIpc) is 1.32. The maximum atomic E-state index is 13.0. The monoisotopic (exact) mass is 1730 g/mol. The molecule has 17 rings (SSSR count). The van der Waals surface area contributed by atoms with Crippen molar-refractivity contribution in [3.05, 3.63) is 191 Å². The predicted octanol–water partition coefficient (Wildman–Crippen LogP) is 14.7. The molecule has 2 saturated carbocycles. The molecular formula is C102H138N8O16. The van der Waals surface area contributed by atoms with Crippen molar-refractivity contribution in [1.82, 2.24) is 25.8 Å². The number of amides is 2. The molecule has 8 aliphatic heterocycles. The Kier molecular flexibility index (Phi) is 34.9. The topological polar surface area (TPSA) is 216 Å². The summed E-state index contributed by atoms with van der Waals surface area (Å²) in [6.45, 7) is 21.7. The Labute approximate surface area is 747 Å². The van der Waals surface area contributed by atoms with Gasteiger partial charge in [-0.1, -0.05) is 92.1 Å². The van der Waals surface area contributed by atoms with Gasteiger partial charge in [-0.2, -0.15) is 0 Å². The molecule has 10 aliphatic rings. The van der Waals surface area contributed by atoms with Gasteiger partial charge in [0.25, 0.3) is 0 Å². The van der Waals surface area contributed by atoms with Crippen LogP contribution >= 0.6 is 0 Å². The normalized spacial score (nSPS) is 22.3. The van der Waals surface area contributed by atoms with E-state index in [1.54, 1.807) is 28.4 Å². The number of benzene rings is 7. The highest BCUT2D eigenvalue weighted by molar-refractivity contribution is 5.79. The zero-order chi connectivity index (χ0) is 86.4. The van der Waals surface area contributed by atoms with Gasteiger partial charge in [0.15, 0.2) is 0 Å².